The van der Waals surface area contributed by atoms with Crippen LogP contribution in [-0.4, -0.2) is 41.1 Å². The SMILES string of the molecule is CC1(C)CSCC(CN)(N(CC2CC2)C2CC2)C1. The Hall–Kier alpha value is 0.270. The van der Waals surface area contributed by atoms with Gasteiger partial charge in [-0.3, -0.25) is 4.90 Å². The molecule has 104 valence electrons. The molecule has 0 spiro atoms. The number of hydrogen-bond acceptors (Lipinski definition) is 3. The van der Waals surface area contributed by atoms with Gasteiger partial charge in [0.25, 0.3) is 0 Å². The topological polar surface area (TPSA) is 29.3 Å². The maximum absolute atomic E-state index is 6.27. The van der Waals surface area contributed by atoms with Crippen LogP contribution in [0.3, 0.4) is 0 Å². The van der Waals surface area contributed by atoms with Crippen LogP contribution in [0.5, 0.6) is 0 Å². The highest BCUT2D eigenvalue weighted by molar-refractivity contribution is 7.99. The van der Waals surface area contributed by atoms with Crippen molar-refractivity contribution in [1.82, 2.24) is 4.90 Å². The molecule has 1 heterocycles. The molecule has 1 atom stereocenters. The van der Waals surface area contributed by atoms with Gasteiger partial charge in [-0.25, -0.2) is 0 Å². The third kappa shape index (κ3) is 2.73. The van der Waals surface area contributed by atoms with Crippen LogP contribution in [0.4, 0.5) is 0 Å². The zero-order chi connectivity index (χ0) is 12.8. The first-order chi connectivity index (χ1) is 8.55. The fourth-order valence-electron chi connectivity index (χ4n) is 3.64. The molecule has 1 saturated heterocycles. The summed E-state index contributed by atoms with van der Waals surface area (Å²) in [7, 11) is 0. The molecule has 2 N–H and O–H groups in total. The van der Waals surface area contributed by atoms with Crippen molar-refractivity contribution < 1.29 is 0 Å². The van der Waals surface area contributed by atoms with Crippen molar-refractivity contribution in [1.29, 1.82) is 0 Å². The minimum atomic E-state index is 0.302. The minimum Gasteiger partial charge on any atom is -0.329 e. The molecule has 3 aliphatic rings. The lowest BCUT2D eigenvalue weighted by Crippen LogP contribution is -2.61. The second kappa shape index (κ2) is 4.68. The minimum absolute atomic E-state index is 0.302. The molecule has 0 aromatic rings. The second-order valence-electron chi connectivity index (χ2n) is 7.59. The van der Waals surface area contributed by atoms with Crippen molar-refractivity contribution in [2.75, 3.05) is 24.6 Å². The second-order valence-corrected chi connectivity index (χ2v) is 8.57. The third-order valence-electron chi connectivity index (χ3n) is 4.80. The highest BCUT2D eigenvalue weighted by Gasteiger charge is 2.49. The monoisotopic (exact) mass is 268 g/mol. The van der Waals surface area contributed by atoms with E-state index in [0.29, 0.717) is 11.0 Å². The summed E-state index contributed by atoms with van der Waals surface area (Å²) < 4.78 is 0. The van der Waals surface area contributed by atoms with Crippen molar-refractivity contribution in [3.8, 4) is 0 Å². The van der Waals surface area contributed by atoms with E-state index in [4.69, 9.17) is 5.73 Å². The Bertz CT molecular complexity index is 310. The first-order valence-corrected chi connectivity index (χ1v) is 8.75. The molecular weight excluding hydrogens is 240 g/mol. The van der Waals surface area contributed by atoms with Crippen LogP contribution in [0.15, 0.2) is 0 Å². The molecule has 0 aromatic heterocycles. The molecule has 3 heteroatoms. The van der Waals surface area contributed by atoms with Gasteiger partial charge in [-0.2, -0.15) is 11.8 Å². The Labute approximate surface area is 116 Å². The summed E-state index contributed by atoms with van der Waals surface area (Å²) in [6.07, 6.45) is 7.05. The quantitative estimate of drug-likeness (QED) is 0.831. The number of hydrogen-bond donors (Lipinski definition) is 1. The van der Waals surface area contributed by atoms with E-state index in [1.54, 1.807) is 0 Å². The van der Waals surface area contributed by atoms with E-state index < -0.39 is 0 Å². The molecule has 18 heavy (non-hydrogen) atoms. The predicted molar refractivity (Wildman–Crippen MR) is 80.0 cm³/mol. The summed E-state index contributed by atoms with van der Waals surface area (Å²) in [5.41, 5.74) is 7.03. The van der Waals surface area contributed by atoms with Gasteiger partial charge in [0.05, 0.1) is 0 Å². The van der Waals surface area contributed by atoms with Crippen LogP contribution in [-0.2, 0) is 0 Å². The summed E-state index contributed by atoms with van der Waals surface area (Å²) in [5, 5.41) is 0. The largest absolute Gasteiger partial charge is 0.329 e. The van der Waals surface area contributed by atoms with Gasteiger partial charge in [-0.1, -0.05) is 13.8 Å². The molecule has 1 aliphatic heterocycles. The van der Waals surface area contributed by atoms with Crippen molar-refractivity contribution >= 4 is 11.8 Å². The Morgan fingerprint density at radius 3 is 2.39 bits per heavy atom. The van der Waals surface area contributed by atoms with Gasteiger partial charge in [-0.05, 0) is 49.2 Å². The Morgan fingerprint density at radius 1 is 1.17 bits per heavy atom. The normalized spacial score (nSPS) is 36.0. The molecule has 1 unspecified atom stereocenters. The molecule has 0 radical (unpaired) electrons. The van der Waals surface area contributed by atoms with Crippen LogP contribution >= 0.6 is 11.8 Å². The highest BCUT2D eigenvalue weighted by atomic mass is 32.2. The smallest absolute Gasteiger partial charge is 0.0430 e. The van der Waals surface area contributed by atoms with Gasteiger partial charge in [0.15, 0.2) is 0 Å². The van der Waals surface area contributed by atoms with Crippen molar-refractivity contribution in [3.63, 3.8) is 0 Å². The maximum atomic E-state index is 6.27. The van der Waals surface area contributed by atoms with Gasteiger partial charge < -0.3 is 5.73 Å². The standard InChI is InChI=1S/C15H28N2S/c1-14(2)8-15(9-16,11-18-10-14)17(13-5-6-13)7-12-3-4-12/h12-13H,3-11,16H2,1-2H3. The van der Waals surface area contributed by atoms with Crippen LogP contribution in [0.1, 0.15) is 46.0 Å². The maximum Gasteiger partial charge on any atom is 0.0430 e. The first kappa shape index (κ1) is 13.3. The van der Waals surface area contributed by atoms with Crippen LogP contribution in [0.2, 0.25) is 0 Å². The van der Waals surface area contributed by atoms with Gasteiger partial charge in [-0.15, -0.1) is 0 Å². The van der Waals surface area contributed by atoms with Crippen molar-refractivity contribution in [3.05, 3.63) is 0 Å². The molecule has 0 aromatic carbocycles. The van der Waals surface area contributed by atoms with Crippen LogP contribution < -0.4 is 5.73 Å². The van der Waals surface area contributed by atoms with Gasteiger partial charge in [0.1, 0.15) is 0 Å². The molecule has 0 amide bonds. The molecule has 2 nitrogen and oxygen atoms in total. The van der Waals surface area contributed by atoms with E-state index in [0.717, 1.165) is 18.5 Å². The Balaban J connectivity index is 1.78. The van der Waals surface area contributed by atoms with Gasteiger partial charge in [0, 0.05) is 30.4 Å². The number of nitrogens with two attached hydrogens (primary N) is 1. The van der Waals surface area contributed by atoms with E-state index in [1.807, 2.05) is 0 Å². The lowest BCUT2D eigenvalue weighted by molar-refractivity contribution is 0.0564. The summed E-state index contributed by atoms with van der Waals surface area (Å²) >= 11 is 2.13. The van der Waals surface area contributed by atoms with E-state index >= 15 is 0 Å². The molecule has 0 bridgehead atoms. The fraction of sp³-hybridized carbons (Fsp3) is 1.00. The zero-order valence-corrected chi connectivity index (χ0v) is 12.8. The fourth-order valence-corrected chi connectivity index (χ4v) is 5.16. The average Bonchev–Trinajstić information content (AvgIpc) is 3.15. The molecule has 3 rings (SSSR count). The van der Waals surface area contributed by atoms with Gasteiger partial charge in [0.2, 0.25) is 0 Å². The molecule has 2 saturated carbocycles. The van der Waals surface area contributed by atoms with Crippen molar-refractivity contribution in [2.45, 2.75) is 57.5 Å². The van der Waals surface area contributed by atoms with E-state index in [-0.39, 0.29) is 0 Å². The zero-order valence-electron chi connectivity index (χ0n) is 12.0. The summed E-state index contributed by atoms with van der Waals surface area (Å²) in [6, 6.07) is 0.864. The van der Waals surface area contributed by atoms with Gasteiger partial charge >= 0.3 is 0 Å². The third-order valence-corrected chi connectivity index (χ3v) is 6.53. The average molecular weight is 268 g/mol. The first-order valence-electron chi connectivity index (χ1n) is 7.59. The van der Waals surface area contributed by atoms with Crippen molar-refractivity contribution in [2.24, 2.45) is 17.1 Å². The predicted octanol–water partition coefficient (Wildman–Crippen LogP) is 2.72. The Morgan fingerprint density at radius 2 is 1.89 bits per heavy atom. The number of thioether (sulfide) groups is 1. The van der Waals surface area contributed by atoms with E-state index in [1.165, 1.54) is 50.2 Å². The van der Waals surface area contributed by atoms with Crippen LogP contribution in [0.25, 0.3) is 0 Å². The van der Waals surface area contributed by atoms with Crippen LogP contribution in [0, 0.1) is 11.3 Å². The number of nitrogens with zero attached hydrogens (tertiary/aromatic N) is 1. The molecular formula is C15H28N2S. The highest BCUT2D eigenvalue weighted by Crippen LogP contribution is 2.47. The molecule has 3 fully saturated rings. The van der Waals surface area contributed by atoms with E-state index in [2.05, 4.69) is 30.5 Å². The molecule has 2 aliphatic carbocycles. The summed E-state index contributed by atoms with van der Waals surface area (Å²) in [4.78, 5) is 2.85. The van der Waals surface area contributed by atoms with E-state index in [9.17, 15) is 0 Å². The summed E-state index contributed by atoms with van der Waals surface area (Å²) in [6.45, 7) is 7.03. The Kier molecular flexibility index (Phi) is 3.44. The summed E-state index contributed by atoms with van der Waals surface area (Å²) in [5.74, 6) is 3.55. The lowest BCUT2D eigenvalue weighted by atomic mass is 9.78. The lowest BCUT2D eigenvalue weighted by Gasteiger charge is -2.51. The number of rotatable bonds is 5.